The van der Waals surface area contributed by atoms with Crippen LogP contribution in [0, 0.1) is 0 Å². The average Bonchev–Trinajstić information content (AvgIpc) is 3.45. The average molecular weight is 614 g/mol. The van der Waals surface area contributed by atoms with Gasteiger partial charge in [-0.2, -0.15) is 0 Å². The molecule has 4 aromatic carbocycles. The number of carbonyl (C=O) groups is 1. The number of nitrogens with zero attached hydrogens (tertiary/aromatic N) is 2. The maximum atomic E-state index is 11.6. The van der Waals surface area contributed by atoms with E-state index in [-0.39, 0.29) is 5.97 Å². The van der Waals surface area contributed by atoms with Gasteiger partial charge in [0, 0.05) is 28.9 Å². The maximum absolute atomic E-state index is 11.6. The van der Waals surface area contributed by atoms with E-state index in [1.165, 1.54) is 7.11 Å². The van der Waals surface area contributed by atoms with Gasteiger partial charge < -0.3 is 18.8 Å². The van der Waals surface area contributed by atoms with E-state index in [1.807, 2.05) is 79.0 Å². The number of hydrogen-bond acceptors (Lipinski definition) is 5. The van der Waals surface area contributed by atoms with E-state index in [9.17, 15) is 4.79 Å². The molecule has 0 saturated heterocycles. The summed E-state index contributed by atoms with van der Waals surface area (Å²) in [6.07, 6.45) is 5.98. The van der Waals surface area contributed by atoms with Gasteiger partial charge in [-0.15, -0.1) is 0 Å². The summed E-state index contributed by atoms with van der Waals surface area (Å²) in [4.78, 5) is 16.5. The Morgan fingerprint density at radius 1 is 0.884 bits per heavy atom. The van der Waals surface area contributed by atoms with Crippen LogP contribution >= 0.6 is 23.2 Å². The number of imidazole rings is 1. The van der Waals surface area contributed by atoms with E-state index in [4.69, 9.17) is 42.4 Å². The van der Waals surface area contributed by atoms with E-state index in [2.05, 4.69) is 17.6 Å². The molecule has 0 atom stereocenters. The number of esters is 1. The van der Waals surface area contributed by atoms with Crippen molar-refractivity contribution in [1.29, 1.82) is 0 Å². The standard InChI is InChI=1S/C35H30Cl2N2O4/c1-4-39-21-32(30-16-13-28(36)20-31(30)37)38-34(39)18-12-27-19-26(11-17-33(27)41-2)24-9-14-29(15-10-24)43-22-23-5-7-25(8-6-23)35(40)42-3/h5-21H,4,22H2,1-3H3/b18-12+. The summed E-state index contributed by atoms with van der Waals surface area (Å²) in [5.74, 6) is 1.95. The van der Waals surface area contributed by atoms with Gasteiger partial charge in [0.05, 0.1) is 30.5 Å². The van der Waals surface area contributed by atoms with Crippen molar-refractivity contribution < 1.29 is 19.0 Å². The molecule has 5 aromatic rings. The first-order valence-electron chi connectivity index (χ1n) is 13.7. The third-order valence-corrected chi connectivity index (χ3v) is 7.51. The molecule has 0 aliphatic heterocycles. The van der Waals surface area contributed by atoms with Gasteiger partial charge in [-0.25, -0.2) is 9.78 Å². The molecule has 1 heterocycles. The molecule has 0 spiro atoms. The normalized spacial score (nSPS) is 11.1. The van der Waals surface area contributed by atoms with Crippen LogP contribution in [0.3, 0.4) is 0 Å². The molecule has 0 aliphatic rings. The SMILES string of the molecule is CCn1cc(-c2ccc(Cl)cc2Cl)nc1/C=C/c1cc(-c2ccc(OCc3ccc(C(=O)OC)cc3)cc2)ccc1OC. The molecule has 0 bridgehead atoms. The van der Waals surface area contributed by atoms with Gasteiger partial charge in [0.25, 0.3) is 0 Å². The fraction of sp³-hybridized carbons (Fsp3) is 0.143. The number of methoxy groups -OCH3 is 2. The zero-order chi connectivity index (χ0) is 30.3. The van der Waals surface area contributed by atoms with Crippen molar-refractivity contribution in [2.75, 3.05) is 14.2 Å². The second kappa shape index (κ2) is 13.6. The van der Waals surface area contributed by atoms with E-state index in [1.54, 1.807) is 25.3 Å². The lowest BCUT2D eigenvalue weighted by Gasteiger charge is -2.10. The lowest BCUT2D eigenvalue weighted by molar-refractivity contribution is 0.0600. The Morgan fingerprint density at radius 3 is 2.30 bits per heavy atom. The fourth-order valence-corrected chi connectivity index (χ4v) is 5.12. The van der Waals surface area contributed by atoms with Crippen LogP contribution < -0.4 is 9.47 Å². The molecule has 0 saturated carbocycles. The summed E-state index contributed by atoms with van der Waals surface area (Å²) in [6, 6.07) is 26.6. The zero-order valence-corrected chi connectivity index (χ0v) is 25.5. The minimum atomic E-state index is -0.360. The van der Waals surface area contributed by atoms with Crippen molar-refractivity contribution in [2.24, 2.45) is 0 Å². The van der Waals surface area contributed by atoms with Crippen molar-refractivity contribution in [2.45, 2.75) is 20.1 Å². The molecule has 0 N–H and O–H groups in total. The summed E-state index contributed by atoms with van der Waals surface area (Å²) in [7, 11) is 3.03. The Morgan fingerprint density at radius 2 is 1.63 bits per heavy atom. The lowest BCUT2D eigenvalue weighted by Crippen LogP contribution is -2.01. The smallest absolute Gasteiger partial charge is 0.337 e. The van der Waals surface area contributed by atoms with Crippen LogP contribution in [0.5, 0.6) is 11.5 Å². The molecule has 0 fully saturated rings. The van der Waals surface area contributed by atoms with Crippen molar-refractivity contribution in [1.82, 2.24) is 9.55 Å². The zero-order valence-electron chi connectivity index (χ0n) is 24.0. The second-order valence-electron chi connectivity index (χ2n) is 9.69. The van der Waals surface area contributed by atoms with Gasteiger partial charge in [-0.05, 0) is 90.4 Å². The first kappa shape index (κ1) is 30.0. The number of halogens is 2. The largest absolute Gasteiger partial charge is 0.496 e. The highest BCUT2D eigenvalue weighted by Crippen LogP contribution is 2.32. The number of hydrogen-bond donors (Lipinski definition) is 0. The summed E-state index contributed by atoms with van der Waals surface area (Å²) in [5.41, 5.74) is 6.08. The van der Waals surface area contributed by atoms with Crippen LogP contribution in [0.15, 0.2) is 91.1 Å². The Balaban J connectivity index is 1.32. The van der Waals surface area contributed by atoms with Gasteiger partial charge in [0.1, 0.15) is 23.9 Å². The molecule has 1 aromatic heterocycles. The monoisotopic (exact) mass is 612 g/mol. The van der Waals surface area contributed by atoms with Crippen LogP contribution in [0.1, 0.15) is 34.2 Å². The van der Waals surface area contributed by atoms with Crippen LogP contribution in [0.4, 0.5) is 0 Å². The van der Waals surface area contributed by atoms with Crippen LogP contribution in [0.25, 0.3) is 34.5 Å². The molecule has 218 valence electrons. The van der Waals surface area contributed by atoms with E-state index in [0.717, 1.165) is 57.4 Å². The molecule has 0 amide bonds. The summed E-state index contributed by atoms with van der Waals surface area (Å²) in [6.45, 7) is 3.21. The summed E-state index contributed by atoms with van der Waals surface area (Å²) >= 11 is 12.5. The quantitative estimate of drug-likeness (QED) is 0.147. The maximum Gasteiger partial charge on any atom is 0.337 e. The van der Waals surface area contributed by atoms with E-state index < -0.39 is 0 Å². The van der Waals surface area contributed by atoms with Gasteiger partial charge in [0.15, 0.2) is 0 Å². The molecule has 0 unspecified atom stereocenters. The molecule has 5 rings (SSSR count). The lowest BCUT2D eigenvalue weighted by atomic mass is 10.0. The van der Waals surface area contributed by atoms with Gasteiger partial charge in [-0.1, -0.05) is 53.5 Å². The van der Waals surface area contributed by atoms with Gasteiger partial charge in [-0.3, -0.25) is 0 Å². The van der Waals surface area contributed by atoms with Crippen molar-refractivity contribution in [3.63, 3.8) is 0 Å². The summed E-state index contributed by atoms with van der Waals surface area (Å²) in [5, 5.41) is 1.14. The van der Waals surface area contributed by atoms with Crippen LogP contribution in [-0.2, 0) is 17.9 Å². The highest BCUT2D eigenvalue weighted by atomic mass is 35.5. The van der Waals surface area contributed by atoms with Crippen molar-refractivity contribution in [3.8, 4) is 33.9 Å². The third kappa shape index (κ3) is 7.11. The minimum Gasteiger partial charge on any atom is -0.496 e. The topological polar surface area (TPSA) is 62.6 Å². The molecule has 6 nitrogen and oxygen atoms in total. The molecular weight excluding hydrogens is 583 g/mol. The number of carbonyl (C=O) groups excluding carboxylic acids is 1. The Kier molecular flexibility index (Phi) is 9.50. The predicted molar refractivity (Wildman–Crippen MR) is 173 cm³/mol. The minimum absolute atomic E-state index is 0.360. The number of ether oxygens (including phenoxy) is 3. The molecular formula is C35H30Cl2N2O4. The Bertz CT molecular complexity index is 1760. The number of aryl methyl sites for hydroxylation is 1. The third-order valence-electron chi connectivity index (χ3n) is 6.97. The van der Waals surface area contributed by atoms with Gasteiger partial charge in [0.2, 0.25) is 0 Å². The van der Waals surface area contributed by atoms with E-state index >= 15 is 0 Å². The highest BCUT2D eigenvalue weighted by molar-refractivity contribution is 6.36. The molecule has 43 heavy (non-hydrogen) atoms. The van der Waals surface area contributed by atoms with Crippen LogP contribution in [0.2, 0.25) is 10.0 Å². The second-order valence-corrected chi connectivity index (χ2v) is 10.5. The van der Waals surface area contributed by atoms with E-state index in [0.29, 0.717) is 22.2 Å². The number of benzene rings is 4. The summed E-state index contributed by atoms with van der Waals surface area (Å²) < 4.78 is 18.4. The predicted octanol–water partition coefficient (Wildman–Crippen LogP) is 9.09. The fourth-order valence-electron chi connectivity index (χ4n) is 4.62. The van der Waals surface area contributed by atoms with Gasteiger partial charge >= 0.3 is 5.97 Å². The molecule has 0 radical (unpaired) electrons. The molecule has 0 aliphatic carbocycles. The van der Waals surface area contributed by atoms with Crippen molar-refractivity contribution in [3.05, 3.63) is 124 Å². The Hall–Kier alpha value is -4.52. The highest BCUT2D eigenvalue weighted by Gasteiger charge is 2.12. The van der Waals surface area contributed by atoms with Crippen LogP contribution in [-0.4, -0.2) is 29.7 Å². The number of aromatic nitrogens is 2. The Labute approximate surface area is 261 Å². The first-order valence-corrected chi connectivity index (χ1v) is 14.4. The first-order chi connectivity index (χ1) is 20.9. The van der Waals surface area contributed by atoms with Crippen molar-refractivity contribution >= 4 is 41.3 Å². The molecule has 8 heteroatoms. The number of rotatable bonds is 10.